The lowest BCUT2D eigenvalue weighted by Crippen LogP contribution is -2.05. The molecule has 0 unspecified atom stereocenters. The van der Waals surface area contributed by atoms with Crippen molar-refractivity contribution in [3.8, 4) is 5.88 Å². The minimum absolute atomic E-state index is 0.143. The average Bonchev–Trinajstić information content (AvgIpc) is 2.27. The van der Waals surface area contributed by atoms with Gasteiger partial charge in [0.05, 0.1) is 12.3 Å². The number of aryl methyl sites for hydroxylation is 2. The summed E-state index contributed by atoms with van der Waals surface area (Å²) < 4.78 is 5.99. The van der Waals surface area contributed by atoms with Crippen LogP contribution in [0.15, 0.2) is 0 Å². The molecule has 13 heavy (non-hydrogen) atoms. The topological polar surface area (TPSA) is 64.3 Å². The van der Waals surface area contributed by atoms with Crippen molar-refractivity contribution in [3.63, 3.8) is 0 Å². The highest BCUT2D eigenvalue weighted by atomic mass is 16.5. The summed E-state index contributed by atoms with van der Waals surface area (Å²) in [5.41, 5.74) is 0.614. The summed E-state index contributed by atoms with van der Waals surface area (Å²) >= 11 is 0. The molecule has 0 atom stereocenters. The van der Waals surface area contributed by atoms with Crippen LogP contribution in [0.4, 0.5) is 0 Å². The Morgan fingerprint density at radius 2 is 2.31 bits per heavy atom. The van der Waals surface area contributed by atoms with Crippen molar-refractivity contribution in [2.45, 2.75) is 13.8 Å². The third-order valence-corrected chi connectivity index (χ3v) is 1.67. The zero-order valence-electron chi connectivity index (χ0n) is 7.87. The lowest BCUT2D eigenvalue weighted by molar-refractivity contribution is 0.0522. The Morgan fingerprint density at radius 3 is 2.69 bits per heavy atom. The number of esters is 1. The first-order valence-corrected chi connectivity index (χ1v) is 3.97. The third-order valence-electron chi connectivity index (χ3n) is 1.67. The van der Waals surface area contributed by atoms with Crippen molar-refractivity contribution in [2.24, 2.45) is 7.05 Å². The molecule has 0 radical (unpaired) electrons. The minimum atomic E-state index is -0.536. The van der Waals surface area contributed by atoms with Gasteiger partial charge in [-0.25, -0.2) is 9.48 Å². The van der Waals surface area contributed by atoms with Crippen LogP contribution in [0, 0.1) is 6.92 Å². The van der Waals surface area contributed by atoms with Crippen LogP contribution in [0.3, 0.4) is 0 Å². The number of rotatable bonds is 2. The molecular weight excluding hydrogens is 172 g/mol. The predicted molar refractivity (Wildman–Crippen MR) is 45.6 cm³/mol. The summed E-state index contributed by atoms with van der Waals surface area (Å²) in [5.74, 6) is -0.693. The molecule has 0 bridgehead atoms. The van der Waals surface area contributed by atoms with Gasteiger partial charge in [-0.15, -0.1) is 0 Å². The fourth-order valence-corrected chi connectivity index (χ4v) is 1.09. The number of carbonyl (C=O) groups is 1. The molecule has 1 heterocycles. The fourth-order valence-electron chi connectivity index (χ4n) is 1.09. The minimum Gasteiger partial charge on any atom is -0.493 e. The molecular formula is C8H12N2O3. The third kappa shape index (κ3) is 1.63. The van der Waals surface area contributed by atoms with Gasteiger partial charge in [-0.05, 0) is 13.8 Å². The number of hydrogen-bond acceptors (Lipinski definition) is 4. The van der Waals surface area contributed by atoms with E-state index in [-0.39, 0.29) is 18.1 Å². The highest BCUT2D eigenvalue weighted by molar-refractivity contribution is 5.93. The fraction of sp³-hybridized carbons (Fsp3) is 0.500. The van der Waals surface area contributed by atoms with E-state index in [9.17, 15) is 9.90 Å². The molecule has 1 aromatic rings. The van der Waals surface area contributed by atoms with E-state index in [4.69, 9.17) is 4.74 Å². The van der Waals surface area contributed by atoms with E-state index in [0.29, 0.717) is 5.69 Å². The molecule has 0 saturated carbocycles. The molecule has 0 aromatic carbocycles. The van der Waals surface area contributed by atoms with Gasteiger partial charge in [0.2, 0.25) is 5.88 Å². The van der Waals surface area contributed by atoms with Crippen molar-refractivity contribution >= 4 is 5.97 Å². The van der Waals surface area contributed by atoms with E-state index in [0.717, 1.165) is 0 Å². The second-order valence-electron chi connectivity index (χ2n) is 2.63. The smallest absolute Gasteiger partial charge is 0.345 e. The van der Waals surface area contributed by atoms with Crippen molar-refractivity contribution in [2.75, 3.05) is 6.61 Å². The monoisotopic (exact) mass is 184 g/mol. The Kier molecular flexibility index (Phi) is 2.55. The standard InChI is InChI=1S/C8H12N2O3/c1-4-13-8(12)6-5(2)9-10(3)7(6)11/h11H,4H2,1-3H3. The molecule has 0 aliphatic heterocycles. The van der Waals surface area contributed by atoms with Gasteiger partial charge in [0.1, 0.15) is 5.56 Å². The Morgan fingerprint density at radius 1 is 1.69 bits per heavy atom. The van der Waals surface area contributed by atoms with Crippen LogP contribution in [0.5, 0.6) is 5.88 Å². The number of carbonyl (C=O) groups excluding carboxylic acids is 1. The van der Waals surface area contributed by atoms with Gasteiger partial charge < -0.3 is 9.84 Å². The summed E-state index contributed by atoms with van der Waals surface area (Å²) in [6.45, 7) is 3.64. The number of ether oxygens (including phenoxy) is 1. The molecule has 0 fully saturated rings. The van der Waals surface area contributed by atoms with Gasteiger partial charge in [0, 0.05) is 7.05 Å². The summed E-state index contributed by atoms with van der Waals surface area (Å²) in [4.78, 5) is 11.3. The molecule has 0 saturated heterocycles. The maximum atomic E-state index is 11.3. The molecule has 1 aromatic heterocycles. The lowest BCUT2D eigenvalue weighted by Gasteiger charge is -1.99. The zero-order valence-corrected chi connectivity index (χ0v) is 7.87. The molecule has 0 aliphatic carbocycles. The maximum absolute atomic E-state index is 11.3. The van der Waals surface area contributed by atoms with E-state index in [1.807, 2.05) is 0 Å². The van der Waals surface area contributed by atoms with Gasteiger partial charge in [-0.3, -0.25) is 0 Å². The summed E-state index contributed by atoms with van der Waals surface area (Å²) in [6, 6.07) is 0. The Hall–Kier alpha value is -1.52. The second-order valence-corrected chi connectivity index (χ2v) is 2.63. The summed E-state index contributed by atoms with van der Waals surface area (Å²) in [7, 11) is 1.56. The molecule has 0 aliphatic rings. The SMILES string of the molecule is CCOC(=O)c1c(C)nn(C)c1O. The van der Waals surface area contributed by atoms with Crippen LogP contribution in [0.1, 0.15) is 23.0 Å². The molecule has 0 spiro atoms. The van der Waals surface area contributed by atoms with E-state index in [1.165, 1.54) is 4.68 Å². The zero-order chi connectivity index (χ0) is 10.0. The Bertz CT molecular complexity index is 330. The molecule has 1 N–H and O–H groups in total. The normalized spacial score (nSPS) is 10.1. The van der Waals surface area contributed by atoms with Crippen molar-refractivity contribution < 1.29 is 14.6 Å². The highest BCUT2D eigenvalue weighted by Crippen LogP contribution is 2.20. The Labute approximate surface area is 75.9 Å². The van der Waals surface area contributed by atoms with Gasteiger partial charge >= 0.3 is 5.97 Å². The molecule has 72 valence electrons. The highest BCUT2D eigenvalue weighted by Gasteiger charge is 2.20. The molecule has 5 heteroatoms. The lowest BCUT2D eigenvalue weighted by atomic mass is 10.2. The van der Waals surface area contributed by atoms with E-state index in [1.54, 1.807) is 20.9 Å². The molecule has 5 nitrogen and oxygen atoms in total. The number of aromatic nitrogens is 2. The van der Waals surface area contributed by atoms with Crippen LogP contribution >= 0.6 is 0 Å². The first kappa shape index (κ1) is 9.57. The number of nitrogens with zero attached hydrogens (tertiary/aromatic N) is 2. The van der Waals surface area contributed by atoms with Gasteiger partial charge in [-0.1, -0.05) is 0 Å². The van der Waals surface area contributed by atoms with Crippen molar-refractivity contribution in [1.29, 1.82) is 0 Å². The number of aromatic hydroxyl groups is 1. The van der Waals surface area contributed by atoms with Crippen LogP contribution in [-0.4, -0.2) is 27.5 Å². The maximum Gasteiger partial charge on any atom is 0.345 e. The van der Waals surface area contributed by atoms with Crippen LogP contribution in [-0.2, 0) is 11.8 Å². The quantitative estimate of drug-likeness (QED) is 0.684. The van der Waals surface area contributed by atoms with Crippen molar-refractivity contribution in [3.05, 3.63) is 11.3 Å². The van der Waals surface area contributed by atoms with Gasteiger partial charge in [0.25, 0.3) is 0 Å². The predicted octanol–water partition coefficient (Wildman–Crippen LogP) is 0.611. The average molecular weight is 184 g/mol. The van der Waals surface area contributed by atoms with Crippen LogP contribution in [0.2, 0.25) is 0 Å². The first-order chi connectivity index (χ1) is 6.07. The summed E-state index contributed by atoms with van der Waals surface area (Å²) in [6.07, 6.45) is 0. The largest absolute Gasteiger partial charge is 0.493 e. The Balaban J connectivity index is 3.06. The number of hydrogen-bond donors (Lipinski definition) is 1. The summed E-state index contributed by atoms with van der Waals surface area (Å²) in [5, 5.41) is 13.3. The van der Waals surface area contributed by atoms with Crippen LogP contribution in [0.25, 0.3) is 0 Å². The first-order valence-electron chi connectivity index (χ1n) is 3.97. The molecule has 1 rings (SSSR count). The van der Waals surface area contributed by atoms with Gasteiger partial charge in [-0.2, -0.15) is 5.10 Å². The van der Waals surface area contributed by atoms with E-state index >= 15 is 0 Å². The van der Waals surface area contributed by atoms with Crippen molar-refractivity contribution in [1.82, 2.24) is 9.78 Å². The van der Waals surface area contributed by atoms with E-state index in [2.05, 4.69) is 5.10 Å². The van der Waals surface area contributed by atoms with E-state index < -0.39 is 5.97 Å². The van der Waals surface area contributed by atoms with Crippen LogP contribution < -0.4 is 0 Å². The van der Waals surface area contributed by atoms with Gasteiger partial charge in [0.15, 0.2) is 0 Å². The molecule has 0 amide bonds. The second kappa shape index (κ2) is 3.47.